The van der Waals surface area contributed by atoms with Crippen molar-refractivity contribution in [1.29, 1.82) is 0 Å². The standard InChI is InChI=1S/C16H21Cl2N3O4S/c1-26(24,25)20-8-11-3-2-6-21(10-11)15(22)9-19-16(23)13-5-4-12(17)7-14(13)18/h4-5,7,11,20H,2-3,6,8-10H2,1H3,(H,19,23). The van der Waals surface area contributed by atoms with Crippen molar-refractivity contribution in [2.45, 2.75) is 12.8 Å². The van der Waals surface area contributed by atoms with E-state index in [2.05, 4.69) is 10.0 Å². The van der Waals surface area contributed by atoms with Crippen LogP contribution in [-0.2, 0) is 14.8 Å². The number of carbonyl (C=O) groups is 2. The number of rotatable bonds is 6. The summed E-state index contributed by atoms with van der Waals surface area (Å²) < 4.78 is 24.9. The lowest BCUT2D eigenvalue weighted by Crippen LogP contribution is -2.47. The van der Waals surface area contributed by atoms with Crippen molar-refractivity contribution in [2.75, 3.05) is 32.4 Å². The predicted octanol–water partition coefficient (Wildman–Crippen LogP) is 1.51. The van der Waals surface area contributed by atoms with Crippen LogP contribution in [0.25, 0.3) is 0 Å². The second-order valence-electron chi connectivity index (χ2n) is 6.28. The first kappa shape index (κ1) is 21.0. The van der Waals surface area contributed by atoms with Gasteiger partial charge in [-0.2, -0.15) is 0 Å². The molecule has 0 spiro atoms. The molecule has 1 aromatic rings. The van der Waals surface area contributed by atoms with E-state index in [1.54, 1.807) is 11.0 Å². The molecule has 1 fully saturated rings. The van der Waals surface area contributed by atoms with Crippen LogP contribution < -0.4 is 10.0 Å². The van der Waals surface area contributed by atoms with Gasteiger partial charge in [-0.05, 0) is 37.0 Å². The van der Waals surface area contributed by atoms with Gasteiger partial charge in [-0.15, -0.1) is 0 Å². The van der Waals surface area contributed by atoms with Gasteiger partial charge in [0.05, 0.1) is 23.4 Å². The van der Waals surface area contributed by atoms with Crippen LogP contribution in [0.1, 0.15) is 23.2 Å². The average molecular weight is 422 g/mol. The third-order valence-electron chi connectivity index (χ3n) is 4.08. The Morgan fingerprint density at radius 2 is 2.04 bits per heavy atom. The van der Waals surface area contributed by atoms with Crippen molar-refractivity contribution < 1.29 is 18.0 Å². The molecule has 0 aliphatic carbocycles. The SMILES string of the molecule is CS(=O)(=O)NCC1CCCN(C(=O)CNC(=O)c2ccc(Cl)cc2Cl)C1. The van der Waals surface area contributed by atoms with Crippen LogP contribution >= 0.6 is 23.2 Å². The van der Waals surface area contributed by atoms with Crippen LogP contribution in [0, 0.1) is 5.92 Å². The number of likely N-dealkylation sites (tertiary alicyclic amines) is 1. The van der Waals surface area contributed by atoms with Crippen molar-refractivity contribution in [3.05, 3.63) is 33.8 Å². The lowest BCUT2D eigenvalue weighted by atomic mass is 9.98. The first-order valence-corrected chi connectivity index (χ1v) is 10.8. The zero-order valence-electron chi connectivity index (χ0n) is 14.3. The maximum absolute atomic E-state index is 12.3. The van der Waals surface area contributed by atoms with E-state index < -0.39 is 15.9 Å². The van der Waals surface area contributed by atoms with Crippen LogP contribution in [0.3, 0.4) is 0 Å². The summed E-state index contributed by atoms with van der Waals surface area (Å²) >= 11 is 11.8. The van der Waals surface area contributed by atoms with E-state index in [0.29, 0.717) is 24.7 Å². The van der Waals surface area contributed by atoms with Crippen LogP contribution in [0.2, 0.25) is 10.0 Å². The molecule has 0 saturated carbocycles. The summed E-state index contributed by atoms with van der Waals surface area (Å²) in [4.78, 5) is 26.1. The van der Waals surface area contributed by atoms with Gasteiger partial charge in [0.1, 0.15) is 0 Å². The van der Waals surface area contributed by atoms with Gasteiger partial charge in [0, 0.05) is 24.7 Å². The van der Waals surface area contributed by atoms with E-state index in [9.17, 15) is 18.0 Å². The highest BCUT2D eigenvalue weighted by atomic mass is 35.5. The summed E-state index contributed by atoms with van der Waals surface area (Å²) in [6.45, 7) is 1.20. The third-order valence-corrected chi connectivity index (χ3v) is 5.32. The van der Waals surface area contributed by atoms with E-state index in [0.717, 1.165) is 19.1 Å². The minimum atomic E-state index is -3.25. The Hall–Kier alpha value is -1.35. The molecule has 1 unspecified atom stereocenters. The summed E-state index contributed by atoms with van der Waals surface area (Å²) in [6.07, 6.45) is 2.74. The second kappa shape index (κ2) is 9.03. The highest BCUT2D eigenvalue weighted by molar-refractivity contribution is 7.88. The second-order valence-corrected chi connectivity index (χ2v) is 8.95. The Morgan fingerprint density at radius 1 is 1.31 bits per heavy atom. The fourth-order valence-corrected chi connectivity index (χ4v) is 3.80. The highest BCUT2D eigenvalue weighted by Crippen LogP contribution is 2.21. The number of nitrogens with one attached hydrogen (secondary N) is 2. The van der Waals surface area contributed by atoms with E-state index in [1.807, 2.05) is 0 Å². The first-order valence-electron chi connectivity index (χ1n) is 8.11. The van der Waals surface area contributed by atoms with Gasteiger partial charge in [-0.25, -0.2) is 13.1 Å². The minimum absolute atomic E-state index is 0.0591. The number of hydrogen-bond donors (Lipinski definition) is 2. The van der Waals surface area contributed by atoms with Crippen molar-refractivity contribution in [3.63, 3.8) is 0 Å². The molecule has 26 heavy (non-hydrogen) atoms. The Bertz CT molecular complexity index is 786. The van der Waals surface area contributed by atoms with Crippen LogP contribution in [-0.4, -0.2) is 57.6 Å². The zero-order chi connectivity index (χ0) is 19.3. The Morgan fingerprint density at radius 3 is 2.69 bits per heavy atom. The van der Waals surface area contributed by atoms with Gasteiger partial charge >= 0.3 is 0 Å². The molecule has 2 N–H and O–H groups in total. The van der Waals surface area contributed by atoms with Gasteiger partial charge in [-0.3, -0.25) is 9.59 Å². The largest absolute Gasteiger partial charge is 0.343 e. The van der Waals surface area contributed by atoms with Crippen molar-refractivity contribution >= 4 is 45.0 Å². The molecule has 7 nitrogen and oxygen atoms in total. The maximum atomic E-state index is 12.3. The number of piperidine rings is 1. The van der Waals surface area contributed by atoms with Crippen molar-refractivity contribution in [1.82, 2.24) is 14.9 Å². The fourth-order valence-electron chi connectivity index (χ4n) is 2.76. The molecule has 0 bridgehead atoms. The molecule has 1 aliphatic rings. The lowest BCUT2D eigenvalue weighted by Gasteiger charge is -2.32. The van der Waals surface area contributed by atoms with E-state index in [-0.39, 0.29) is 29.0 Å². The molecular formula is C16H21Cl2N3O4S. The Kier molecular flexibility index (Phi) is 7.28. The number of nitrogens with zero attached hydrogens (tertiary/aromatic N) is 1. The zero-order valence-corrected chi connectivity index (χ0v) is 16.6. The number of sulfonamides is 1. The maximum Gasteiger partial charge on any atom is 0.253 e. The molecule has 1 heterocycles. The van der Waals surface area contributed by atoms with Crippen LogP contribution in [0.5, 0.6) is 0 Å². The number of hydrogen-bond acceptors (Lipinski definition) is 4. The Labute approximate surface area is 163 Å². The summed E-state index contributed by atoms with van der Waals surface area (Å²) in [5, 5.41) is 3.19. The van der Waals surface area contributed by atoms with Gasteiger partial charge in [0.15, 0.2) is 0 Å². The van der Waals surface area contributed by atoms with Gasteiger partial charge in [-0.1, -0.05) is 23.2 Å². The van der Waals surface area contributed by atoms with E-state index >= 15 is 0 Å². The first-order chi connectivity index (χ1) is 12.2. The molecular weight excluding hydrogens is 401 g/mol. The highest BCUT2D eigenvalue weighted by Gasteiger charge is 2.24. The smallest absolute Gasteiger partial charge is 0.253 e. The van der Waals surface area contributed by atoms with Gasteiger partial charge in [0.25, 0.3) is 5.91 Å². The molecule has 2 rings (SSSR count). The molecule has 1 aromatic carbocycles. The monoisotopic (exact) mass is 421 g/mol. The number of benzene rings is 1. The molecule has 0 aromatic heterocycles. The fraction of sp³-hybridized carbons (Fsp3) is 0.500. The molecule has 2 amide bonds. The lowest BCUT2D eigenvalue weighted by molar-refractivity contribution is -0.131. The number of amides is 2. The molecule has 144 valence electrons. The van der Waals surface area contributed by atoms with E-state index in [1.165, 1.54) is 12.1 Å². The topological polar surface area (TPSA) is 95.6 Å². The predicted molar refractivity (Wildman–Crippen MR) is 101 cm³/mol. The van der Waals surface area contributed by atoms with Crippen molar-refractivity contribution in [2.24, 2.45) is 5.92 Å². The molecule has 1 atom stereocenters. The van der Waals surface area contributed by atoms with Gasteiger partial charge < -0.3 is 10.2 Å². The summed E-state index contributed by atoms with van der Waals surface area (Å²) in [6, 6.07) is 4.51. The summed E-state index contributed by atoms with van der Waals surface area (Å²) in [5.74, 6) is -0.608. The van der Waals surface area contributed by atoms with Gasteiger partial charge in [0.2, 0.25) is 15.9 Å². The molecule has 1 saturated heterocycles. The quantitative estimate of drug-likeness (QED) is 0.727. The summed E-state index contributed by atoms with van der Waals surface area (Å²) in [7, 11) is -3.25. The summed E-state index contributed by atoms with van der Waals surface area (Å²) in [5.41, 5.74) is 0.248. The third kappa shape index (κ3) is 6.42. The number of halogens is 2. The molecule has 10 heteroatoms. The molecule has 1 aliphatic heterocycles. The molecule has 0 radical (unpaired) electrons. The van der Waals surface area contributed by atoms with Crippen molar-refractivity contribution in [3.8, 4) is 0 Å². The minimum Gasteiger partial charge on any atom is -0.343 e. The Balaban J connectivity index is 1.85. The van der Waals surface area contributed by atoms with Crippen LogP contribution in [0.4, 0.5) is 0 Å². The average Bonchev–Trinajstić information content (AvgIpc) is 2.57. The van der Waals surface area contributed by atoms with E-state index in [4.69, 9.17) is 23.2 Å². The normalized spacial score (nSPS) is 17.8. The number of carbonyl (C=O) groups excluding carboxylic acids is 2. The van der Waals surface area contributed by atoms with Crippen LogP contribution in [0.15, 0.2) is 18.2 Å².